The van der Waals surface area contributed by atoms with Crippen LogP contribution < -0.4 is 0 Å². The molecule has 25 heavy (non-hydrogen) atoms. The zero-order valence-electron chi connectivity index (χ0n) is 16.8. The van der Waals surface area contributed by atoms with Crippen molar-refractivity contribution in [3.63, 3.8) is 0 Å². The molecule has 0 aliphatic carbocycles. The topological polar surface area (TPSA) is 32.7 Å². The van der Waals surface area contributed by atoms with Crippen molar-refractivity contribution in [3.8, 4) is 0 Å². The number of aliphatic hydroxyl groups is 1. The molecule has 1 aliphatic rings. The van der Waals surface area contributed by atoms with E-state index in [0.29, 0.717) is 6.61 Å². The zero-order valence-corrected chi connectivity index (χ0v) is 17.8. The molecular weight excluding hydrogens is 326 g/mol. The highest BCUT2D eigenvalue weighted by molar-refractivity contribution is 6.74. The van der Waals surface area contributed by atoms with E-state index in [-0.39, 0.29) is 11.1 Å². The molecular formula is C21H37NO2Si. The first-order chi connectivity index (χ1) is 11.7. The van der Waals surface area contributed by atoms with E-state index >= 15 is 0 Å². The van der Waals surface area contributed by atoms with Crippen molar-refractivity contribution >= 4 is 8.32 Å². The molecule has 1 aromatic rings. The van der Waals surface area contributed by atoms with Crippen molar-refractivity contribution in [3.05, 3.63) is 35.9 Å². The van der Waals surface area contributed by atoms with Crippen LogP contribution in [-0.4, -0.2) is 44.1 Å². The molecule has 0 unspecified atom stereocenters. The molecule has 2 atom stereocenters. The number of hydrogen-bond donors (Lipinski definition) is 1. The lowest BCUT2D eigenvalue weighted by Gasteiger charge is -2.39. The first-order valence-corrected chi connectivity index (χ1v) is 12.7. The fraction of sp³-hybridized carbons (Fsp3) is 0.714. The smallest absolute Gasteiger partial charge is 0.192 e. The number of nitrogens with zero attached hydrogens (tertiary/aromatic N) is 1. The van der Waals surface area contributed by atoms with Crippen LogP contribution in [0.1, 0.15) is 58.1 Å². The fourth-order valence-electron chi connectivity index (χ4n) is 3.30. The number of aliphatic hydroxyl groups excluding tert-OH is 1. The Kier molecular flexibility index (Phi) is 7.26. The van der Waals surface area contributed by atoms with Crippen LogP contribution in [-0.2, 0) is 4.43 Å². The lowest BCUT2D eigenvalue weighted by atomic mass is 9.99. The highest BCUT2D eigenvalue weighted by Crippen LogP contribution is 2.37. The SMILES string of the molecule is CC(C)(C)[Si](C)(C)OC[C@H](O)[C@@H](c1ccccc1)N1CCCCCC1. The molecule has 0 saturated carbocycles. The maximum Gasteiger partial charge on any atom is 0.192 e. The van der Waals surface area contributed by atoms with E-state index in [4.69, 9.17) is 4.43 Å². The molecule has 1 saturated heterocycles. The molecule has 1 aliphatic heterocycles. The van der Waals surface area contributed by atoms with E-state index in [1.54, 1.807) is 0 Å². The summed E-state index contributed by atoms with van der Waals surface area (Å²) in [7, 11) is -1.85. The van der Waals surface area contributed by atoms with Gasteiger partial charge in [-0.25, -0.2) is 0 Å². The molecule has 0 bridgehead atoms. The monoisotopic (exact) mass is 363 g/mol. The van der Waals surface area contributed by atoms with Gasteiger partial charge in [-0.1, -0.05) is 63.9 Å². The first-order valence-electron chi connectivity index (χ1n) is 9.83. The summed E-state index contributed by atoms with van der Waals surface area (Å²) in [5, 5.41) is 11.3. The second-order valence-electron chi connectivity index (χ2n) is 8.94. The Balaban J connectivity index is 2.14. The van der Waals surface area contributed by atoms with Crippen molar-refractivity contribution < 1.29 is 9.53 Å². The van der Waals surface area contributed by atoms with Crippen molar-refractivity contribution in [1.82, 2.24) is 4.90 Å². The third kappa shape index (κ3) is 5.65. The van der Waals surface area contributed by atoms with Crippen LogP contribution >= 0.6 is 0 Å². The molecule has 0 spiro atoms. The van der Waals surface area contributed by atoms with Crippen LogP contribution in [0.15, 0.2) is 30.3 Å². The molecule has 1 heterocycles. The molecule has 0 radical (unpaired) electrons. The van der Waals surface area contributed by atoms with E-state index in [1.165, 1.54) is 31.2 Å². The normalized spacial score (nSPS) is 20.1. The molecule has 1 fully saturated rings. The van der Waals surface area contributed by atoms with Gasteiger partial charge < -0.3 is 9.53 Å². The predicted octanol–water partition coefficient (Wildman–Crippen LogP) is 4.99. The van der Waals surface area contributed by atoms with Crippen LogP contribution in [0, 0.1) is 0 Å². The summed E-state index contributed by atoms with van der Waals surface area (Å²) < 4.78 is 6.34. The van der Waals surface area contributed by atoms with Gasteiger partial charge in [0.05, 0.1) is 18.8 Å². The standard InChI is InChI=1S/C21H37NO2Si/c1-21(2,3)25(4,5)24-17-19(23)20(18-13-9-8-10-14-18)22-15-11-6-7-12-16-22/h8-10,13-14,19-20,23H,6-7,11-12,15-17H2,1-5H3/t19-,20+/m0/s1. The second kappa shape index (κ2) is 8.80. The van der Waals surface area contributed by atoms with E-state index in [9.17, 15) is 5.11 Å². The molecule has 0 amide bonds. The Hall–Kier alpha value is -0.683. The summed E-state index contributed by atoms with van der Waals surface area (Å²) in [4.78, 5) is 2.47. The second-order valence-corrected chi connectivity index (χ2v) is 13.8. The quantitative estimate of drug-likeness (QED) is 0.723. The van der Waals surface area contributed by atoms with Gasteiger partial charge in [0.25, 0.3) is 0 Å². The Morgan fingerprint density at radius 2 is 1.60 bits per heavy atom. The summed E-state index contributed by atoms with van der Waals surface area (Å²) in [6.07, 6.45) is 4.55. The minimum atomic E-state index is -1.85. The largest absolute Gasteiger partial charge is 0.414 e. The summed E-state index contributed by atoms with van der Waals surface area (Å²) >= 11 is 0. The van der Waals surface area contributed by atoms with Crippen LogP contribution in [0.5, 0.6) is 0 Å². The van der Waals surface area contributed by atoms with Gasteiger partial charge in [-0.05, 0) is 49.6 Å². The number of likely N-dealkylation sites (tertiary alicyclic amines) is 1. The molecule has 1 N–H and O–H groups in total. The predicted molar refractivity (Wildman–Crippen MR) is 108 cm³/mol. The van der Waals surface area contributed by atoms with E-state index in [1.807, 2.05) is 6.07 Å². The average Bonchev–Trinajstić information content (AvgIpc) is 2.82. The highest BCUT2D eigenvalue weighted by atomic mass is 28.4. The Morgan fingerprint density at radius 1 is 1.04 bits per heavy atom. The molecule has 142 valence electrons. The molecule has 4 heteroatoms. The lowest BCUT2D eigenvalue weighted by Crippen LogP contribution is -2.45. The summed E-state index contributed by atoms with van der Waals surface area (Å²) in [5.41, 5.74) is 1.20. The van der Waals surface area contributed by atoms with Gasteiger partial charge in [0.2, 0.25) is 0 Å². The van der Waals surface area contributed by atoms with Crippen molar-refractivity contribution in [2.75, 3.05) is 19.7 Å². The fourth-order valence-corrected chi connectivity index (χ4v) is 4.32. The van der Waals surface area contributed by atoms with Gasteiger partial charge in [0.15, 0.2) is 8.32 Å². The Labute approximate surface area is 155 Å². The third-order valence-corrected chi connectivity index (χ3v) is 10.5. The van der Waals surface area contributed by atoms with E-state index in [0.717, 1.165) is 13.1 Å². The van der Waals surface area contributed by atoms with Crippen molar-refractivity contribution in [1.29, 1.82) is 0 Å². The molecule has 2 rings (SSSR count). The van der Waals surface area contributed by atoms with E-state index in [2.05, 4.69) is 63.0 Å². The number of rotatable bonds is 6. The minimum absolute atomic E-state index is 0.0315. The Bertz CT molecular complexity index is 504. The van der Waals surface area contributed by atoms with Gasteiger partial charge in [-0.2, -0.15) is 0 Å². The van der Waals surface area contributed by atoms with Gasteiger partial charge in [0.1, 0.15) is 0 Å². The van der Waals surface area contributed by atoms with Crippen molar-refractivity contribution in [2.45, 2.75) is 76.7 Å². The van der Waals surface area contributed by atoms with Gasteiger partial charge >= 0.3 is 0 Å². The Morgan fingerprint density at radius 3 is 2.12 bits per heavy atom. The average molecular weight is 364 g/mol. The van der Waals surface area contributed by atoms with Crippen LogP contribution in [0.4, 0.5) is 0 Å². The van der Waals surface area contributed by atoms with Crippen LogP contribution in [0.2, 0.25) is 18.1 Å². The zero-order chi connectivity index (χ0) is 18.5. The maximum absolute atomic E-state index is 11.1. The highest BCUT2D eigenvalue weighted by Gasteiger charge is 2.38. The molecule has 3 nitrogen and oxygen atoms in total. The summed E-state index contributed by atoms with van der Waals surface area (Å²) in [6.45, 7) is 13.8. The van der Waals surface area contributed by atoms with Gasteiger partial charge in [-0.15, -0.1) is 0 Å². The van der Waals surface area contributed by atoms with Gasteiger partial charge in [-0.3, -0.25) is 4.90 Å². The molecule has 0 aromatic heterocycles. The minimum Gasteiger partial charge on any atom is -0.414 e. The number of hydrogen-bond acceptors (Lipinski definition) is 3. The van der Waals surface area contributed by atoms with Gasteiger partial charge in [0, 0.05) is 0 Å². The summed E-state index contributed by atoms with van der Waals surface area (Å²) in [6, 6.07) is 10.5. The maximum atomic E-state index is 11.1. The first kappa shape index (κ1) is 20.6. The number of benzene rings is 1. The van der Waals surface area contributed by atoms with Crippen LogP contribution in [0.3, 0.4) is 0 Å². The van der Waals surface area contributed by atoms with E-state index < -0.39 is 14.4 Å². The summed E-state index contributed by atoms with van der Waals surface area (Å²) in [5.74, 6) is 0. The molecule has 1 aromatic carbocycles. The van der Waals surface area contributed by atoms with Crippen LogP contribution in [0.25, 0.3) is 0 Å². The van der Waals surface area contributed by atoms with Crippen molar-refractivity contribution in [2.24, 2.45) is 0 Å². The third-order valence-electron chi connectivity index (χ3n) is 5.96. The lowest BCUT2D eigenvalue weighted by molar-refractivity contribution is 0.0140.